The molecule has 0 aromatic heterocycles. The first-order valence-corrected chi connectivity index (χ1v) is 9.12. The zero-order valence-electron chi connectivity index (χ0n) is 14.5. The Morgan fingerprint density at radius 2 is 1.92 bits per heavy atom. The molecule has 0 spiro atoms. The summed E-state index contributed by atoms with van der Waals surface area (Å²) < 4.78 is 31.8. The average molecular weight is 378 g/mol. The molecule has 0 unspecified atom stereocenters. The van der Waals surface area contributed by atoms with E-state index in [9.17, 15) is 23.3 Å². The third-order valence-electron chi connectivity index (χ3n) is 3.80. The number of esters is 1. The van der Waals surface area contributed by atoms with Crippen LogP contribution in [0.4, 0.5) is 11.4 Å². The molecule has 0 saturated heterocycles. The minimum atomic E-state index is -4.06. The van der Waals surface area contributed by atoms with Gasteiger partial charge in [0.05, 0.1) is 28.2 Å². The van der Waals surface area contributed by atoms with Gasteiger partial charge in [-0.25, -0.2) is 13.2 Å². The Morgan fingerprint density at radius 3 is 2.50 bits per heavy atom. The topological polar surface area (TPSA) is 107 Å². The van der Waals surface area contributed by atoms with E-state index >= 15 is 0 Å². The molecule has 0 saturated carbocycles. The largest absolute Gasteiger partial charge is 0.465 e. The van der Waals surface area contributed by atoms with Gasteiger partial charge in [-0.15, -0.1) is 0 Å². The highest BCUT2D eigenvalue weighted by Crippen LogP contribution is 2.29. The number of carbonyl (C=O) groups is 1. The number of ether oxygens (including phenoxy) is 1. The van der Waals surface area contributed by atoms with E-state index in [2.05, 4.69) is 4.74 Å². The van der Waals surface area contributed by atoms with E-state index in [0.717, 1.165) is 10.4 Å². The zero-order chi connectivity index (χ0) is 19.5. The summed E-state index contributed by atoms with van der Waals surface area (Å²) in [7, 11) is -2.82. The maximum atomic E-state index is 13.0. The number of rotatable bonds is 6. The lowest BCUT2D eigenvalue weighted by atomic mass is 10.1. The lowest BCUT2D eigenvalue weighted by Gasteiger charge is -2.25. The molecule has 0 radical (unpaired) electrons. The summed E-state index contributed by atoms with van der Waals surface area (Å²) in [4.78, 5) is 21.9. The van der Waals surface area contributed by atoms with Crippen molar-refractivity contribution in [2.24, 2.45) is 0 Å². The van der Waals surface area contributed by atoms with Crippen LogP contribution in [0.5, 0.6) is 0 Å². The molecule has 2 aromatic carbocycles. The van der Waals surface area contributed by atoms with Crippen LogP contribution in [0.2, 0.25) is 0 Å². The summed E-state index contributed by atoms with van der Waals surface area (Å²) in [5.74, 6) is -0.588. The van der Waals surface area contributed by atoms with Gasteiger partial charge >= 0.3 is 5.97 Å². The van der Waals surface area contributed by atoms with Crippen molar-refractivity contribution >= 4 is 27.4 Å². The van der Waals surface area contributed by atoms with E-state index in [1.54, 1.807) is 26.0 Å². The number of carbonyl (C=O) groups excluding carboxylic acids is 1. The van der Waals surface area contributed by atoms with Crippen LogP contribution < -0.4 is 4.31 Å². The van der Waals surface area contributed by atoms with Crippen molar-refractivity contribution in [1.82, 2.24) is 0 Å². The first kappa shape index (κ1) is 19.4. The number of methoxy groups -OCH3 is 1. The predicted molar refractivity (Wildman–Crippen MR) is 95.8 cm³/mol. The van der Waals surface area contributed by atoms with E-state index in [1.807, 2.05) is 0 Å². The maximum Gasteiger partial charge on any atom is 0.337 e. The molecular formula is C17H18N2O6S. The molecule has 0 bridgehead atoms. The molecule has 8 nitrogen and oxygen atoms in total. The summed E-state index contributed by atoms with van der Waals surface area (Å²) in [6.45, 7) is 3.43. The van der Waals surface area contributed by atoms with E-state index in [0.29, 0.717) is 11.3 Å². The van der Waals surface area contributed by atoms with Crippen LogP contribution >= 0.6 is 0 Å². The van der Waals surface area contributed by atoms with Crippen molar-refractivity contribution in [2.45, 2.75) is 18.7 Å². The summed E-state index contributed by atoms with van der Waals surface area (Å²) >= 11 is 0. The van der Waals surface area contributed by atoms with Crippen molar-refractivity contribution in [2.75, 3.05) is 18.0 Å². The molecule has 0 N–H and O–H groups in total. The molecule has 138 valence electrons. The van der Waals surface area contributed by atoms with E-state index in [4.69, 9.17) is 0 Å². The van der Waals surface area contributed by atoms with Gasteiger partial charge < -0.3 is 4.74 Å². The molecule has 0 fully saturated rings. The molecular weight excluding hydrogens is 360 g/mol. The summed E-state index contributed by atoms with van der Waals surface area (Å²) in [5.41, 5.74) is 0.832. The third kappa shape index (κ3) is 3.67. The highest BCUT2D eigenvalue weighted by atomic mass is 32.2. The fourth-order valence-corrected chi connectivity index (χ4v) is 4.05. The zero-order valence-corrected chi connectivity index (χ0v) is 15.3. The number of sulfonamides is 1. The van der Waals surface area contributed by atoms with Gasteiger partial charge in [0.2, 0.25) is 0 Å². The van der Waals surface area contributed by atoms with Crippen LogP contribution in [0, 0.1) is 17.0 Å². The average Bonchev–Trinajstić information content (AvgIpc) is 2.63. The van der Waals surface area contributed by atoms with Crippen LogP contribution in [0.15, 0.2) is 47.4 Å². The number of anilines is 1. The van der Waals surface area contributed by atoms with Crippen molar-refractivity contribution in [3.8, 4) is 0 Å². The molecule has 0 aliphatic rings. The molecule has 2 rings (SSSR count). The fraction of sp³-hybridized carbons (Fsp3) is 0.235. The van der Waals surface area contributed by atoms with Crippen molar-refractivity contribution in [3.05, 3.63) is 63.7 Å². The van der Waals surface area contributed by atoms with Gasteiger partial charge in [-0.05, 0) is 37.6 Å². The van der Waals surface area contributed by atoms with Crippen molar-refractivity contribution in [3.63, 3.8) is 0 Å². The predicted octanol–water partition coefficient (Wildman–Crippen LogP) is 2.91. The SMILES string of the molecule is CCN(c1cc(C(=O)OC)ccc1C)S(=O)(=O)c1cccc([N+](=O)[O-])c1. The second-order valence-electron chi connectivity index (χ2n) is 5.42. The van der Waals surface area contributed by atoms with Gasteiger partial charge in [-0.3, -0.25) is 14.4 Å². The van der Waals surface area contributed by atoms with Crippen LogP contribution in [0.3, 0.4) is 0 Å². The van der Waals surface area contributed by atoms with E-state index in [1.165, 1.54) is 31.4 Å². The van der Waals surface area contributed by atoms with Gasteiger partial charge in [0.15, 0.2) is 0 Å². The minimum absolute atomic E-state index is 0.0799. The van der Waals surface area contributed by atoms with Crippen molar-refractivity contribution < 1.29 is 22.9 Å². The number of non-ortho nitro benzene ring substituents is 1. The van der Waals surface area contributed by atoms with Crippen LogP contribution in [-0.2, 0) is 14.8 Å². The molecule has 0 amide bonds. The second-order valence-corrected chi connectivity index (χ2v) is 7.28. The van der Waals surface area contributed by atoms with Crippen LogP contribution in [0.1, 0.15) is 22.8 Å². The highest BCUT2D eigenvalue weighted by molar-refractivity contribution is 7.92. The number of nitro groups is 1. The van der Waals surface area contributed by atoms with Gasteiger partial charge in [0, 0.05) is 18.7 Å². The highest BCUT2D eigenvalue weighted by Gasteiger charge is 2.27. The van der Waals surface area contributed by atoms with Crippen molar-refractivity contribution in [1.29, 1.82) is 0 Å². The number of nitrogens with zero attached hydrogens (tertiary/aromatic N) is 2. The monoisotopic (exact) mass is 378 g/mol. The summed E-state index contributed by atoms with van der Waals surface area (Å²) in [6.07, 6.45) is 0. The lowest BCUT2D eigenvalue weighted by Crippen LogP contribution is -2.31. The molecule has 26 heavy (non-hydrogen) atoms. The van der Waals surface area contributed by atoms with Gasteiger partial charge in [0.25, 0.3) is 15.7 Å². The summed E-state index contributed by atoms with van der Waals surface area (Å²) in [5, 5.41) is 10.9. The van der Waals surface area contributed by atoms with Gasteiger partial charge in [0.1, 0.15) is 0 Å². The maximum absolute atomic E-state index is 13.0. The standard InChI is InChI=1S/C17H18N2O6S/c1-4-18(16-10-13(17(20)25-3)9-8-12(16)2)26(23,24)15-7-5-6-14(11-15)19(21)22/h5-11H,4H2,1-3H3. The Bertz CT molecular complexity index is 955. The second kappa shape index (κ2) is 7.52. The number of aryl methyl sites for hydroxylation is 1. The molecule has 0 aliphatic carbocycles. The van der Waals surface area contributed by atoms with Crippen LogP contribution in [0.25, 0.3) is 0 Å². The van der Waals surface area contributed by atoms with Gasteiger partial charge in [-0.1, -0.05) is 12.1 Å². The minimum Gasteiger partial charge on any atom is -0.465 e. The lowest BCUT2D eigenvalue weighted by molar-refractivity contribution is -0.385. The molecule has 2 aromatic rings. The fourth-order valence-electron chi connectivity index (χ4n) is 2.48. The molecule has 9 heteroatoms. The number of benzene rings is 2. The smallest absolute Gasteiger partial charge is 0.337 e. The Hall–Kier alpha value is -2.94. The Morgan fingerprint density at radius 1 is 1.23 bits per heavy atom. The first-order valence-electron chi connectivity index (χ1n) is 7.68. The Kier molecular flexibility index (Phi) is 5.61. The normalized spacial score (nSPS) is 11.0. The quantitative estimate of drug-likeness (QED) is 0.435. The van der Waals surface area contributed by atoms with E-state index in [-0.39, 0.29) is 22.7 Å². The third-order valence-corrected chi connectivity index (χ3v) is 5.69. The number of hydrogen-bond donors (Lipinski definition) is 0. The molecule has 0 heterocycles. The number of nitro benzene ring substituents is 1. The molecule has 0 aliphatic heterocycles. The van der Waals surface area contributed by atoms with E-state index < -0.39 is 20.9 Å². The Labute approximate surface area is 151 Å². The number of hydrogen-bond acceptors (Lipinski definition) is 6. The summed E-state index contributed by atoms with van der Waals surface area (Å²) in [6, 6.07) is 9.43. The Balaban J connectivity index is 2.59. The van der Waals surface area contributed by atoms with Crippen LogP contribution in [-0.4, -0.2) is 33.0 Å². The van der Waals surface area contributed by atoms with Gasteiger partial charge in [-0.2, -0.15) is 0 Å². The first-order chi connectivity index (χ1) is 12.2. The molecule has 0 atom stereocenters.